The summed E-state index contributed by atoms with van der Waals surface area (Å²) in [6.07, 6.45) is 2.67. The van der Waals surface area contributed by atoms with Crippen molar-refractivity contribution in [3.63, 3.8) is 0 Å². The van der Waals surface area contributed by atoms with Crippen molar-refractivity contribution in [1.82, 2.24) is 20.1 Å². The monoisotopic (exact) mass is 304 g/mol. The Labute approximate surface area is 125 Å². The van der Waals surface area contributed by atoms with Gasteiger partial charge in [-0.15, -0.1) is 0 Å². The van der Waals surface area contributed by atoms with Crippen LogP contribution in [0.3, 0.4) is 0 Å². The van der Waals surface area contributed by atoms with Crippen molar-refractivity contribution in [3.8, 4) is 0 Å². The summed E-state index contributed by atoms with van der Waals surface area (Å²) < 4.78 is 5.95. The second-order valence-electron chi connectivity index (χ2n) is 4.62. The first-order chi connectivity index (χ1) is 10.4. The van der Waals surface area contributed by atoms with Crippen LogP contribution in [-0.4, -0.2) is 40.3 Å². The topological polar surface area (TPSA) is 106 Å². The number of aromatic amines is 1. The van der Waals surface area contributed by atoms with E-state index in [1.807, 2.05) is 0 Å². The number of methoxy groups -OCH3 is 1. The molecule has 0 fully saturated rings. The first-order valence-corrected chi connectivity index (χ1v) is 6.53. The van der Waals surface area contributed by atoms with Gasteiger partial charge in [-0.1, -0.05) is 6.08 Å². The van der Waals surface area contributed by atoms with E-state index in [0.29, 0.717) is 16.7 Å². The van der Waals surface area contributed by atoms with Gasteiger partial charge in [-0.2, -0.15) is 5.10 Å². The van der Waals surface area contributed by atoms with E-state index >= 15 is 0 Å². The molecule has 2 rings (SSSR count). The minimum Gasteiger partial charge on any atom is -0.466 e. The molecule has 0 spiro atoms. The number of aromatic nitrogens is 3. The number of pyridine rings is 1. The lowest BCUT2D eigenvalue weighted by Gasteiger charge is -2.04. The Hall–Kier alpha value is -2.90. The van der Waals surface area contributed by atoms with Crippen LogP contribution >= 0.6 is 0 Å². The number of amides is 1. The fourth-order valence-electron chi connectivity index (χ4n) is 2.13. The molecule has 2 aromatic rings. The van der Waals surface area contributed by atoms with Crippen molar-refractivity contribution >= 4 is 22.9 Å². The number of H-pyrrole nitrogens is 1. The Kier molecular flexibility index (Phi) is 4.40. The summed E-state index contributed by atoms with van der Waals surface area (Å²) in [5, 5.41) is 7.40. The lowest BCUT2D eigenvalue weighted by molar-refractivity contribution is -0.134. The van der Waals surface area contributed by atoms with Crippen LogP contribution in [0.25, 0.3) is 11.0 Å². The maximum Gasteiger partial charge on any atom is 0.330 e. The summed E-state index contributed by atoms with van der Waals surface area (Å²) in [6, 6.07) is 1.23. The fraction of sp³-hybridized carbons (Fsp3) is 0.286. The van der Waals surface area contributed by atoms with Crippen molar-refractivity contribution in [3.05, 3.63) is 39.8 Å². The molecule has 116 valence electrons. The summed E-state index contributed by atoms with van der Waals surface area (Å²) in [6.45, 7) is 1.90. The van der Waals surface area contributed by atoms with Crippen LogP contribution in [0.15, 0.2) is 23.0 Å². The molecule has 0 radical (unpaired) electrons. The zero-order valence-corrected chi connectivity index (χ0v) is 12.5. The first-order valence-electron chi connectivity index (χ1n) is 6.53. The molecule has 0 bridgehead atoms. The van der Waals surface area contributed by atoms with Gasteiger partial charge in [0, 0.05) is 25.7 Å². The number of hydrogen-bond donors (Lipinski definition) is 2. The molecule has 22 heavy (non-hydrogen) atoms. The third-order valence-corrected chi connectivity index (χ3v) is 3.09. The SMILES string of the molecule is COC(=O)/C=C/CNC(=O)c1cc(=O)[nH]c2c1c(C)nn2C. The highest BCUT2D eigenvalue weighted by Gasteiger charge is 2.16. The Bertz CT molecular complexity index is 816. The maximum absolute atomic E-state index is 12.2. The van der Waals surface area contributed by atoms with Crippen LogP contribution < -0.4 is 10.9 Å². The Balaban J connectivity index is 2.27. The molecule has 2 N–H and O–H groups in total. The van der Waals surface area contributed by atoms with E-state index in [4.69, 9.17) is 0 Å². The molecular weight excluding hydrogens is 288 g/mol. The van der Waals surface area contributed by atoms with E-state index in [2.05, 4.69) is 20.1 Å². The molecule has 0 aliphatic rings. The number of aryl methyl sites for hydroxylation is 2. The highest BCUT2D eigenvalue weighted by atomic mass is 16.5. The van der Waals surface area contributed by atoms with Gasteiger partial charge in [0.1, 0.15) is 5.65 Å². The van der Waals surface area contributed by atoms with Gasteiger partial charge >= 0.3 is 5.97 Å². The minimum atomic E-state index is -0.504. The first kappa shape index (κ1) is 15.5. The zero-order valence-electron chi connectivity index (χ0n) is 12.5. The Morgan fingerprint density at radius 3 is 2.91 bits per heavy atom. The number of hydrogen-bond acceptors (Lipinski definition) is 5. The molecule has 0 aliphatic carbocycles. The molecule has 1 amide bonds. The summed E-state index contributed by atoms with van der Waals surface area (Å²) >= 11 is 0. The number of rotatable bonds is 4. The number of carbonyl (C=O) groups excluding carboxylic acids is 2. The summed E-state index contributed by atoms with van der Waals surface area (Å²) in [5.41, 5.74) is 0.992. The quantitative estimate of drug-likeness (QED) is 0.612. The molecule has 0 aromatic carbocycles. The zero-order chi connectivity index (χ0) is 16.3. The van der Waals surface area contributed by atoms with Crippen molar-refractivity contribution < 1.29 is 14.3 Å². The van der Waals surface area contributed by atoms with Crippen molar-refractivity contribution in [1.29, 1.82) is 0 Å². The molecule has 0 atom stereocenters. The van der Waals surface area contributed by atoms with Crippen LogP contribution in [0, 0.1) is 6.92 Å². The standard InChI is InChI=1S/C14H16N4O4/c1-8-12-9(7-10(19)16-13(12)18(2)17-8)14(21)15-6-4-5-11(20)22-3/h4-5,7H,6H2,1-3H3,(H,15,21)(H,16,19)/b5-4+. The van der Waals surface area contributed by atoms with Crippen LogP contribution in [0.2, 0.25) is 0 Å². The average molecular weight is 304 g/mol. The largest absolute Gasteiger partial charge is 0.466 e. The molecule has 8 nitrogen and oxygen atoms in total. The van der Waals surface area contributed by atoms with Gasteiger partial charge in [0.2, 0.25) is 5.56 Å². The van der Waals surface area contributed by atoms with Crippen LogP contribution in [0.4, 0.5) is 0 Å². The number of fused-ring (bicyclic) bond motifs is 1. The van der Waals surface area contributed by atoms with Crippen LogP contribution in [-0.2, 0) is 16.6 Å². The van der Waals surface area contributed by atoms with Gasteiger partial charge in [0.15, 0.2) is 0 Å². The predicted octanol–water partition coefficient (Wildman–Crippen LogP) is 0.0290. The second-order valence-corrected chi connectivity index (χ2v) is 4.62. The molecule has 8 heteroatoms. The number of nitrogens with one attached hydrogen (secondary N) is 2. The normalized spacial score (nSPS) is 11.0. The van der Waals surface area contributed by atoms with Gasteiger partial charge in [0.05, 0.1) is 23.8 Å². The molecular formula is C14H16N4O4. The lowest BCUT2D eigenvalue weighted by atomic mass is 10.1. The maximum atomic E-state index is 12.2. The highest BCUT2D eigenvalue weighted by Crippen LogP contribution is 2.18. The molecule has 0 saturated carbocycles. The van der Waals surface area contributed by atoms with E-state index < -0.39 is 11.9 Å². The van der Waals surface area contributed by atoms with Crippen molar-refractivity contribution in [2.75, 3.05) is 13.7 Å². The molecule has 0 saturated heterocycles. The van der Waals surface area contributed by atoms with Crippen molar-refractivity contribution in [2.24, 2.45) is 7.05 Å². The van der Waals surface area contributed by atoms with Gasteiger partial charge in [-0.25, -0.2) is 4.79 Å². The number of carbonyl (C=O) groups is 2. The molecule has 0 unspecified atom stereocenters. The van der Waals surface area contributed by atoms with E-state index in [1.165, 1.54) is 30.0 Å². The van der Waals surface area contributed by atoms with Crippen molar-refractivity contribution in [2.45, 2.75) is 6.92 Å². The average Bonchev–Trinajstić information content (AvgIpc) is 2.77. The van der Waals surface area contributed by atoms with Gasteiger partial charge in [0.25, 0.3) is 5.91 Å². The Morgan fingerprint density at radius 1 is 1.50 bits per heavy atom. The number of ether oxygens (including phenoxy) is 1. The van der Waals surface area contributed by atoms with E-state index in [-0.39, 0.29) is 17.7 Å². The fourth-order valence-corrected chi connectivity index (χ4v) is 2.13. The summed E-state index contributed by atoms with van der Waals surface area (Å²) in [4.78, 5) is 37.5. The third kappa shape index (κ3) is 3.05. The van der Waals surface area contributed by atoms with Gasteiger partial charge < -0.3 is 15.0 Å². The van der Waals surface area contributed by atoms with Gasteiger partial charge in [-0.05, 0) is 6.92 Å². The molecule has 2 heterocycles. The third-order valence-electron chi connectivity index (χ3n) is 3.09. The van der Waals surface area contributed by atoms with Crippen LogP contribution in [0.5, 0.6) is 0 Å². The lowest BCUT2D eigenvalue weighted by Crippen LogP contribution is -2.25. The number of esters is 1. The van der Waals surface area contributed by atoms with E-state index in [9.17, 15) is 14.4 Å². The molecule has 2 aromatic heterocycles. The minimum absolute atomic E-state index is 0.140. The highest BCUT2D eigenvalue weighted by molar-refractivity contribution is 6.06. The predicted molar refractivity (Wildman–Crippen MR) is 79.6 cm³/mol. The summed E-state index contributed by atoms with van der Waals surface area (Å²) in [7, 11) is 2.95. The molecule has 0 aliphatic heterocycles. The summed E-state index contributed by atoms with van der Waals surface area (Å²) in [5.74, 6) is -0.919. The van der Waals surface area contributed by atoms with E-state index in [1.54, 1.807) is 14.0 Å². The second kappa shape index (κ2) is 6.25. The Morgan fingerprint density at radius 2 is 2.23 bits per heavy atom. The number of nitrogens with zero attached hydrogens (tertiary/aromatic N) is 2. The van der Waals surface area contributed by atoms with E-state index in [0.717, 1.165) is 0 Å². The van der Waals surface area contributed by atoms with Gasteiger partial charge in [-0.3, -0.25) is 14.3 Å². The smallest absolute Gasteiger partial charge is 0.330 e. The van der Waals surface area contributed by atoms with Crippen LogP contribution in [0.1, 0.15) is 16.1 Å².